The van der Waals surface area contributed by atoms with Crippen molar-refractivity contribution < 1.29 is 17.6 Å². The van der Waals surface area contributed by atoms with E-state index in [2.05, 4.69) is 15.3 Å². The molecule has 3 saturated carbocycles. The van der Waals surface area contributed by atoms with Crippen molar-refractivity contribution in [1.82, 2.24) is 14.5 Å². The molecule has 162 valence electrons. The predicted octanol–water partition coefficient (Wildman–Crippen LogP) is 4.95. The van der Waals surface area contributed by atoms with Gasteiger partial charge < -0.3 is 9.88 Å². The fraction of sp³-hybridized carbons (Fsp3) is 0.409. The summed E-state index contributed by atoms with van der Waals surface area (Å²) >= 11 is 0. The lowest BCUT2D eigenvalue weighted by Gasteiger charge is -2.66. The quantitative estimate of drug-likeness (QED) is 0.580. The van der Waals surface area contributed by atoms with Gasteiger partial charge in [-0.2, -0.15) is 0 Å². The van der Waals surface area contributed by atoms with Crippen LogP contribution in [0.1, 0.15) is 55.6 Å². The minimum Gasteiger partial charge on any atom is -0.363 e. The van der Waals surface area contributed by atoms with Crippen molar-refractivity contribution in [2.24, 2.45) is 0 Å². The van der Waals surface area contributed by atoms with E-state index in [9.17, 15) is 22.4 Å². The van der Waals surface area contributed by atoms with Gasteiger partial charge in [0.1, 0.15) is 23.1 Å². The summed E-state index contributed by atoms with van der Waals surface area (Å²) in [7, 11) is 0. The first-order valence-corrected chi connectivity index (χ1v) is 10.0. The van der Waals surface area contributed by atoms with Gasteiger partial charge in [-0.15, -0.1) is 0 Å². The summed E-state index contributed by atoms with van der Waals surface area (Å²) in [5, 5.41) is 3.61. The maximum Gasteiger partial charge on any atom is 0.266 e. The fourth-order valence-electron chi connectivity index (χ4n) is 4.92. The van der Waals surface area contributed by atoms with Crippen LogP contribution in [0.3, 0.4) is 0 Å². The average molecular weight is 432 g/mol. The zero-order valence-electron chi connectivity index (χ0n) is 16.9. The van der Waals surface area contributed by atoms with E-state index in [4.69, 9.17) is 0 Å². The number of benzene rings is 1. The molecule has 2 aromatic heterocycles. The zero-order chi connectivity index (χ0) is 22.1. The van der Waals surface area contributed by atoms with Crippen LogP contribution in [-0.4, -0.2) is 20.2 Å². The number of hydrogen-bond donors (Lipinski definition) is 1. The Kier molecular flexibility index (Phi) is 4.19. The standard InChI is InChI=1S/C22H20F4N4O/c1-11(13-4-3-5-14(18(13)23)19(24)25)27-20-15-7-30(22-8-21(26,9-22)10-22)17(31)6-16(15)28-12(2)29-20/h3-7,11,19H,8-10H2,1-2H3,(H,27,28,29)/t11-,21?,22?/m1/s1. The van der Waals surface area contributed by atoms with Crippen molar-refractivity contribution in [1.29, 1.82) is 0 Å². The summed E-state index contributed by atoms with van der Waals surface area (Å²) in [6.07, 6.45) is -0.374. The second-order valence-corrected chi connectivity index (χ2v) is 8.72. The Labute approximate surface area is 175 Å². The number of anilines is 1. The van der Waals surface area contributed by atoms with Gasteiger partial charge in [-0.3, -0.25) is 4.79 Å². The summed E-state index contributed by atoms with van der Waals surface area (Å²) in [5.41, 5.74) is -2.11. The molecule has 1 aromatic carbocycles. The summed E-state index contributed by atoms with van der Waals surface area (Å²) in [6.45, 7) is 3.30. The molecule has 3 aliphatic carbocycles. The van der Waals surface area contributed by atoms with E-state index < -0.39 is 35.1 Å². The molecule has 0 unspecified atom stereocenters. The van der Waals surface area contributed by atoms with Crippen molar-refractivity contribution in [2.75, 3.05) is 5.32 Å². The molecule has 2 bridgehead atoms. The number of rotatable bonds is 5. The van der Waals surface area contributed by atoms with Gasteiger partial charge in [0.15, 0.2) is 0 Å². The molecule has 31 heavy (non-hydrogen) atoms. The van der Waals surface area contributed by atoms with Crippen LogP contribution in [-0.2, 0) is 5.54 Å². The van der Waals surface area contributed by atoms with Gasteiger partial charge in [-0.25, -0.2) is 27.5 Å². The first kappa shape index (κ1) is 20.0. The Bertz CT molecular complexity index is 1250. The maximum absolute atomic E-state index is 14.6. The van der Waals surface area contributed by atoms with E-state index in [-0.39, 0.29) is 11.1 Å². The molecule has 3 fully saturated rings. The highest BCUT2D eigenvalue weighted by Crippen LogP contribution is 2.67. The van der Waals surface area contributed by atoms with E-state index in [1.165, 1.54) is 18.2 Å². The lowest BCUT2D eigenvalue weighted by Crippen LogP contribution is -2.71. The molecule has 0 amide bonds. The van der Waals surface area contributed by atoms with Gasteiger partial charge in [0, 0.05) is 37.1 Å². The Hall–Kier alpha value is -2.97. The highest BCUT2D eigenvalue weighted by atomic mass is 19.3. The number of alkyl halides is 3. The number of nitrogens with one attached hydrogen (secondary N) is 1. The van der Waals surface area contributed by atoms with Gasteiger partial charge >= 0.3 is 0 Å². The SMILES string of the molecule is Cc1nc(N[C@H](C)c2cccc(C(F)F)c2F)c2cn(C34CC(F)(C3)C4)c(=O)cc2n1. The van der Waals surface area contributed by atoms with Gasteiger partial charge in [-0.05, 0) is 13.8 Å². The first-order chi connectivity index (χ1) is 14.6. The third kappa shape index (κ3) is 3.01. The Morgan fingerprint density at radius 1 is 1.16 bits per heavy atom. The predicted molar refractivity (Wildman–Crippen MR) is 108 cm³/mol. The number of nitrogens with zero attached hydrogens (tertiary/aromatic N) is 3. The van der Waals surface area contributed by atoms with E-state index in [0.717, 1.165) is 6.07 Å². The molecule has 2 heterocycles. The molecule has 0 spiro atoms. The molecule has 3 aromatic rings. The van der Waals surface area contributed by atoms with Crippen LogP contribution in [0.15, 0.2) is 35.3 Å². The second-order valence-electron chi connectivity index (χ2n) is 8.72. The highest BCUT2D eigenvalue weighted by Gasteiger charge is 2.70. The molecular formula is C22H20F4N4O. The van der Waals surface area contributed by atoms with Crippen molar-refractivity contribution in [3.8, 4) is 0 Å². The minimum absolute atomic E-state index is 0.0781. The van der Waals surface area contributed by atoms with Gasteiger partial charge in [0.25, 0.3) is 12.0 Å². The Morgan fingerprint density at radius 2 is 1.84 bits per heavy atom. The average Bonchev–Trinajstić information content (AvgIpc) is 2.64. The fourth-order valence-corrected chi connectivity index (χ4v) is 4.92. The number of halogens is 4. The van der Waals surface area contributed by atoms with Gasteiger partial charge in [0.05, 0.1) is 28.0 Å². The minimum atomic E-state index is -2.92. The Morgan fingerprint density at radius 3 is 2.48 bits per heavy atom. The zero-order valence-corrected chi connectivity index (χ0v) is 16.9. The van der Waals surface area contributed by atoms with E-state index >= 15 is 0 Å². The molecule has 0 radical (unpaired) electrons. The molecule has 0 aliphatic heterocycles. The lowest BCUT2D eigenvalue weighted by atomic mass is 9.47. The summed E-state index contributed by atoms with van der Waals surface area (Å²) in [5.74, 6) is -0.215. The maximum atomic E-state index is 14.6. The van der Waals surface area contributed by atoms with Crippen LogP contribution in [0.2, 0.25) is 0 Å². The molecule has 1 N–H and O–H groups in total. The number of fused-ring (bicyclic) bond motifs is 1. The van der Waals surface area contributed by atoms with E-state index in [1.54, 1.807) is 24.6 Å². The molecule has 5 nitrogen and oxygen atoms in total. The third-order valence-corrected chi connectivity index (χ3v) is 6.40. The van der Waals surface area contributed by atoms with Crippen molar-refractivity contribution >= 4 is 16.7 Å². The van der Waals surface area contributed by atoms with Crippen molar-refractivity contribution in [2.45, 2.75) is 56.8 Å². The van der Waals surface area contributed by atoms with E-state index in [1.807, 2.05) is 0 Å². The van der Waals surface area contributed by atoms with Crippen LogP contribution in [0, 0.1) is 12.7 Å². The molecule has 3 aliphatic rings. The monoisotopic (exact) mass is 432 g/mol. The number of pyridine rings is 1. The van der Waals surface area contributed by atoms with Crippen LogP contribution in [0.4, 0.5) is 23.4 Å². The largest absolute Gasteiger partial charge is 0.363 e. The number of aromatic nitrogens is 3. The number of aryl methyl sites for hydroxylation is 1. The van der Waals surface area contributed by atoms with E-state index in [0.29, 0.717) is 41.8 Å². The lowest BCUT2D eigenvalue weighted by molar-refractivity contribution is -0.199. The first-order valence-electron chi connectivity index (χ1n) is 10.0. The molecule has 6 rings (SSSR count). The van der Waals surface area contributed by atoms with Crippen molar-refractivity contribution in [3.63, 3.8) is 0 Å². The van der Waals surface area contributed by atoms with Gasteiger partial charge in [0.2, 0.25) is 0 Å². The second kappa shape index (κ2) is 6.51. The van der Waals surface area contributed by atoms with Crippen LogP contribution in [0.5, 0.6) is 0 Å². The Balaban J connectivity index is 1.55. The molecular weight excluding hydrogens is 412 g/mol. The summed E-state index contributed by atoms with van der Waals surface area (Å²) in [4.78, 5) is 21.4. The summed E-state index contributed by atoms with van der Waals surface area (Å²) in [6, 6.07) is 4.59. The third-order valence-electron chi connectivity index (χ3n) is 6.40. The normalized spacial score (nSPS) is 25.3. The highest BCUT2D eigenvalue weighted by molar-refractivity contribution is 5.88. The molecule has 0 saturated heterocycles. The molecule has 1 atom stereocenters. The van der Waals surface area contributed by atoms with Crippen LogP contribution in [0.25, 0.3) is 10.9 Å². The van der Waals surface area contributed by atoms with Crippen LogP contribution >= 0.6 is 0 Å². The van der Waals surface area contributed by atoms with Crippen LogP contribution < -0.4 is 10.9 Å². The van der Waals surface area contributed by atoms with Crippen molar-refractivity contribution in [3.05, 3.63) is 63.6 Å². The smallest absolute Gasteiger partial charge is 0.266 e. The van der Waals surface area contributed by atoms with Gasteiger partial charge in [-0.1, -0.05) is 18.2 Å². The number of hydrogen-bond acceptors (Lipinski definition) is 4. The topological polar surface area (TPSA) is 59.8 Å². The molecule has 9 heteroatoms. The summed E-state index contributed by atoms with van der Waals surface area (Å²) < 4.78 is 56.3.